The van der Waals surface area contributed by atoms with Crippen LogP contribution in [0.1, 0.15) is 41.4 Å². The van der Waals surface area contributed by atoms with Gasteiger partial charge in [-0.25, -0.2) is 9.97 Å². The van der Waals surface area contributed by atoms with Gasteiger partial charge in [0.15, 0.2) is 5.13 Å². The van der Waals surface area contributed by atoms with Crippen LogP contribution in [-0.2, 0) is 11.3 Å². The number of hydrogen-bond donors (Lipinski definition) is 1. The zero-order valence-electron chi connectivity index (χ0n) is 19.7. The van der Waals surface area contributed by atoms with E-state index in [-0.39, 0.29) is 30.0 Å². The van der Waals surface area contributed by atoms with Gasteiger partial charge in [-0.2, -0.15) is 0 Å². The highest BCUT2D eigenvalue weighted by Crippen LogP contribution is 2.31. The standard InChI is InChI=1S/C24H25N5O4S2/c1-13-6-4-5-9-29(13)18(30)11-28-12-25-22-19(23(28)32)14(2)20(35-22)21(31)27-24-26-16-8-7-15(33-3)10-17(16)34-24/h7-8,10,12-13H,4-6,9,11H2,1-3H3,(H,26,27,31)/t13-/m1/s1. The predicted molar refractivity (Wildman–Crippen MR) is 138 cm³/mol. The molecular formula is C24H25N5O4S2. The average Bonchev–Trinajstić information content (AvgIpc) is 3.40. The number of nitrogens with one attached hydrogen (secondary N) is 1. The van der Waals surface area contributed by atoms with Crippen LogP contribution in [0.4, 0.5) is 5.13 Å². The summed E-state index contributed by atoms with van der Waals surface area (Å²) in [5, 5.41) is 3.67. The van der Waals surface area contributed by atoms with Gasteiger partial charge >= 0.3 is 0 Å². The first-order valence-corrected chi connectivity index (χ1v) is 13.0. The fourth-order valence-electron chi connectivity index (χ4n) is 4.43. The lowest BCUT2D eigenvalue weighted by Gasteiger charge is -2.33. The average molecular weight is 512 g/mol. The van der Waals surface area contributed by atoms with Crippen LogP contribution in [0.2, 0.25) is 0 Å². The van der Waals surface area contributed by atoms with E-state index in [0.717, 1.165) is 46.6 Å². The molecule has 1 fully saturated rings. The number of methoxy groups -OCH3 is 1. The fraction of sp³-hybridized carbons (Fsp3) is 0.375. The van der Waals surface area contributed by atoms with Crippen LogP contribution in [0.3, 0.4) is 0 Å². The lowest BCUT2D eigenvalue weighted by atomic mass is 10.0. The first kappa shape index (κ1) is 23.4. The second-order valence-electron chi connectivity index (χ2n) is 8.65. The van der Waals surface area contributed by atoms with Crippen molar-refractivity contribution in [2.24, 2.45) is 0 Å². The minimum atomic E-state index is -0.347. The van der Waals surface area contributed by atoms with Crippen molar-refractivity contribution in [3.63, 3.8) is 0 Å². The van der Waals surface area contributed by atoms with E-state index in [1.54, 1.807) is 14.0 Å². The third-order valence-corrected chi connectivity index (χ3v) is 8.50. The van der Waals surface area contributed by atoms with E-state index in [0.29, 0.717) is 32.3 Å². The molecule has 1 N–H and O–H groups in total. The number of thiazole rings is 1. The third-order valence-electron chi connectivity index (χ3n) is 6.37. The van der Waals surface area contributed by atoms with Crippen LogP contribution in [0.25, 0.3) is 20.4 Å². The van der Waals surface area contributed by atoms with Crippen molar-refractivity contribution in [2.45, 2.75) is 45.7 Å². The van der Waals surface area contributed by atoms with Crippen molar-refractivity contribution in [1.82, 2.24) is 19.4 Å². The first-order valence-electron chi connectivity index (χ1n) is 11.4. The first-order chi connectivity index (χ1) is 16.9. The second-order valence-corrected chi connectivity index (χ2v) is 10.7. The SMILES string of the molecule is COc1ccc2nc(NC(=O)c3sc4ncn(CC(=O)N5CCCC[C@H]5C)c(=O)c4c3C)sc2c1. The summed E-state index contributed by atoms with van der Waals surface area (Å²) in [6.45, 7) is 4.43. The van der Waals surface area contributed by atoms with E-state index < -0.39 is 0 Å². The quantitative estimate of drug-likeness (QED) is 0.434. The summed E-state index contributed by atoms with van der Waals surface area (Å²) in [5.41, 5.74) is 1.00. The molecule has 1 aromatic carbocycles. The zero-order chi connectivity index (χ0) is 24.7. The van der Waals surface area contributed by atoms with E-state index in [2.05, 4.69) is 15.3 Å². The number of amides is 2. The topological polar surface area (TPSA) is 106 Å². The number of aromatic nitrogens is 3. The van der Waals surface area contributed by atoms with Crippen LogP contribution < -0.4 is 15.6 Å². The maximum absolute atomic E-state index is 13.2. The van der Waals surface area contributed by atoms with Crippen LogP contribution in [-0.4, -0.2) is 50.9 Å². The summed E-state index contributed by atoms with van der Waals surface area (Å²) >= 11 is 2.51. The zero-order valence-corrected chi connectivity index (χ0v) is 21.3. The van der Waals surface area contributed by atoms with Gasteiger partial charge in [0.2, 0.25) is 5.91 Å². The molecule has 0 aliphatic carbocycles. The van der Waals surface area contributed by atoms with E-state index in [4.69, 9.17) is 4.74 Å². The smallest absolute Gasteiger partial charge is 0.267 e. The molecule has 1 saturated heterocycles. The number of hydrogen-bond acceptors (Lipinski definition) is 8. The fourth-order valence-corrected chi connectivity index (χ4v) is 6.36. The Kier molecular flexibility index (Phi) is 6.28. The molecule has 0 bridgehead atoms. The lowest BCUT2D eigenvalue weighted by molar-refractivity contribution is -0.135. The number of thiophene rings is 1. The molecule has 4 heterocycles. The van der Waals surface area contributed by atoms with Crippen molar-refractivity contribution < 1.29 is 14.3 Å². The Morgan fingerprint density at radius 2 is 2.09 bits per heavy atom. The molecule has 0 radical (unpaired) electrons. The van der Waals surface area contributed by atoms with Gasteiger partial charge in [0.1, 0.15) is 17.1 Å². The van der Waals surface area contributed by atoms with E-state index in [9.17, 15) is 14.4 Å². The van der Waals surface area contributed by atoms with Crippen LogP contribution in [0.5, 0.6) is 5.75 Å². The van der Waals surface area contributed by atoms with Crippen molar-refractivity contribution in [3.05, 3.63) is 45.3 Å². The molecule has 1 aliphatic heterocycles. The molecule has 35 heavy (non-hydrogen) atoms. The Balaban J connectivity index is 1.40. The molecule has 11 heteroatoms. The molecule has 0 saturated carbocycles. The van der Waals surface area contributed by atoms with Crippen LogP contribution in [0.15, 0.2) is 29.3 Å². The maximum Gasteiger partial charge on any atom is 0.267 e. The molecule has 182 valence electrons. The number of carbonyl (C=O) groups excluding carboxylic acids is 2. The molecule has 4 aromatic rings. The molecule has 2 amide bonds. The number of likely N-dealkylation sites (tertiary alicyclic amines) is 1. The van der Waals surface area contributed by atoms with Crippen molar-refractivity contribution in [1.29, 1.82) is 0 Å². The number of anilines is 1. The van der Waals surface area contributed by atoms with Gasteiger partial charge < -0.3 is 9.64 Å². The molecule has 9 nitrogen and oxygen atoms in total. The third kappa shape index (κ3) is 4.41. The van der Waals surface area contributed by atoms with Crippen LogP contribution in [0, 0.1) is 6.92 Å². The number of rotatable bonds is 5. The van der Waals surface area contributed by atoms with Gasteiger partial charge in [0, 0.05) is 12.6 Å². The Morgan fingerprint density at radius 1 is 1.26 bits per heavy atom. The molecule has 0 spiro atoms. The van der Waals surface area contributed by atoms with Crippen LogP contribution >= 0.6 is 22.7 Å². The monoisotopic (exact) mass is 511 g/mol. The van der Waals surface area contributed by atoms with Gasteiger partial charge in [0.05, 0.1) is 33.9 Å². The van der Waals surface area contributed by atoms with Crippen molar-refractivity contribution in [2.75, 3.05) is 19.0 Å². The van der Waals surface area contributed by atoms with Gasteiger partial charge in [-0.05, 0) is 56.9 Å². The number of benzene rings is 1. The number of piperidine rings is 1. The van der Waals surface area contributed by atoms with Crippen molar-refractivity contribution >= 4 is 60.1 Å². The highest BCUT2D eigenvalue weighted by Gasteiger charge is 2.25. The van der Waals surface area contributed by atoms with Crippen molar-refractivity contribution in [3.8, 4) is 5.75 Å². The molecule has 3 aromatic heterocycles. The van der Waals surface area contributed by atoms with Gasteiger partial charge in [0.25, 0.3) is 11.5 Å². The van der Waals surface area contributed by atoms with Gasteiger partial charge in [-0.15, -0.1) is 11.3 Å². The molecule has 5 rings (SSSR count). The largest absolute Gasteiger partial charge is 0.497 e. The molecule has 1 atom stereocenters. The van der Waals surface area contributed by atoms with E-state index in [1.807, 2.05) is 30.0 Å². The summed E-state index contributed by atoms with van der Waals surface area (Å²) in [5.74, 6) is 0.286. The number of nitrogens with zero attached hydrogens (tertiary/aromatic N) is 4. The second kappa shape index (κ2) is 9.38. The summed E-state index contributed by atoms with van der Waals surface area (Å²) in [6.07, 6.45) is 4.47. The number of carbonyl (C=O) groups is 2. The molecule has 0 unspecified atom stereocenters. The normalized spacial score (nSPS) is 16.1. The number of aryl methyl sites for hydroxylation is 1. The Morgan fingerprint density at radius 3 is 2.86 bits per heavy atom. The Labute approximate surface area is 209 Å². The van der Waals surface area contributed by atoms with E-state index >= 15 is 0 Å². The van der Waals surface area contributed by atoms with Gasteiger partial charge in [-0.3, -0.25) is 24.3 Å². The summed E-state index contributed by atoms with van der Waals surface area (Å²) in [7, 11) is 1.60. The highest BCUT2D eigenvalue weighted by molar-refractivity contribution is 7.23. The summed E-state index contributed by atoms with van der Waals surface area (Å²) in [4.78, 5) is 50.7. The highest BCUT2D eigenvalue weighted by atomic mass is 32.1. The lowest BCUT2D eigenvalue weighted by Crippen LogP contribution is -2.44. The van der Waals surface area contributed by atoms with E-state index in [1.165, 1.54) is 22.2 Å². The predicted octanol–water partition coefficient (Wildman–Crippen LogP) is 4.04. The Bertz CT molecular complexity index is 1510. The van der Waals surface area contributed by atoms with Gasteiger partial charge in [-0.1, -0.05) is 11.3 Å². The summed E-state index contributed by atoms with van der Waals surface area (Å²) in [6, 6.07) is 5.69. The summed E-state index contributed by atoms with van der Waals surface area (Å²) < 4.78 is 7.48. The molecular weight excluding hydrogens is 486 g/mol. The minimum absolute atomic E-state index is 0.0574. The Hall–Kier alpha value is -3.31. The maximum atomic E-state index is 13.2. The number of fused-ring (bicyclic) bond motifs is 2. The number of ether oxygens (including phenoxy) is 1. The minimum Gasteiger partial charge on any atom is -0.497 e. The molecule has 1 aliphatic rings.